The standard InChI is InChI=1S/C19H14ClN3OS/c20-15-9-5-4-8-13(15)14-11-25-19-17(14)18(24)22-16(23-19)10-21-12-6-2-1-3-7-12/h1-9,11,21H,10H2,(H,22,23,24). The van der Waals surface area contributed by atoms with Crippen molar-refractivity contribution in [1.82, 2.24) is 9.97 Å². The molecule has 0 aliphatic rings. The van der Waals surface area contributed by atoms with Crippen molar-refractivity contribution in [2.75, 3.05) is 5.32 Å². The molecule has 0 aliphatic heterocycles. The van der Waals surface area contributed by atoms with Gasteiger partial charge in [0.05, 0.1) is 11.9 Å². The third kappa shape index (κ3) is 3.16. The molecule has 0 fully saturated rings. The van der Waals surface area contributed by atoms with Gasteiger partial charge in [-0.05, 0) is 18.2 Å². The second-order valence-electron chi connectivity index (χ2n) is 5.54. The summed E-state index contributed by atoms with van der Waals surface area (Å²) in [6.07, 6.45) is 0. The van der Waals surface area contributed by atoms with Crippen LogP contribution in [0.5, 0.6) is 0 Å². The van der Waals surface area contributed by atoms with E-state index in [-0.39, 0.29) is 5.56 Å². The predicted molar refractivity (Wildman–Crippen MR) is 104 cm³/mol. The van der Waals surface area contributed by atoms with Crippen LogP contribution in [-0.4, -0.2) is 9.97 Å². The summed E-state index contributed by atoms with van der Waals surface area (Å²) in [5.74, 6) is 0.605. The lowest BCUT2D eigenvalue weighted by Crippen LogP contribution is -2.14. The van der Waals surface area contributed by atoms with Crippen LogP contribution in [-0.2, 0) is 6.54 Å². The maximum atomic E-state index is 12.6. The monoisotopic (exact) mass is 367 g/mol. The Hall–Kier alpha value is -2.63. The van der Waals surface area contributed by atoms with Crippen LogP contribution in [0.25, 0.3) is 21.3 Å². The Morgan fingerprint density at radius 2 is 1.80 bits per heavy atom. The molecule has 0 bridgehead atoms. The SMILES string of the molecule is O=c1[nH]c(CNc2ccccc2)nc2scc(-c3ccccc3Cl)c12. The minimum absolute atomic E-state index is 0.147. The van der Waals surface area contributed by atoms with Crippen LogP contribution >= 0.6 is 22.9 Å². The summed E-state index contributed by atoms with van der Waals surface area (Å²) in [4.78, 5) is 20.8. The summed E-state index contributed by atoms with van der Waals surface area (Å²) in [5.41, 5.74) is 2.50. The van der Waals surface area contributed by atoms with E-state index in [1.165, 1.54) is 11.3 Å². The molecule has 0 saturated carbocycles. The number of fused-ring (bicyclic) bond motifs is 1. The highest BCUT2D eigenvalue weighted by Crippen LogP contribution is 2.34. The van der Waals surface area contributed by atoms with Crippen LogP contribution < -0.4 is 10.9 Å². The van der Waals surface area contributed by atoms with E-state index in [0.29, 0.717) is 27.6 Å². The molecular weight excluding hydrogens is 354 g/mol. The van der Waals surface area contributed by atoms with Gasteiger partial charge < -0.3 is 10.3 Å². The van der Waals surface area contributed by atoms with E-state index in [9.17, 15) is 4.79 Å². The van der Waals surface area contributed by atoms with Gasteiger partial charge in [-0.1, -0.05) is 48.0 Å². The number of H-pyrrole nitrogens is 1. The summed E-state index contributed by atoms with van der Waals surface area (Å²) in [6, 6.07) is 17.3. The Kier molecular flexibility index (Phi) is 4.26. The molecule has 0 unspecified atom stereocenters. The van der Waals surface area contributed by atoms with Crippen molar-refractivity contribution in [3.63, 3.8) is 0 Å². The molecule has 2 N–H and O–H groups in total. The normalized spacial score (nSPS) is 10.9. The van der Waals surface area contributed by atoms with E-state index in [1.807, 2.05) is 60.0 Å². The van der Waals surface area contributed by atoms with Crippen molar-refractivity contribution in [2.24, 2.45) is 0 Å². The lowest BCUT2D eigenvalue weighted by Gasteiger charge is -2.06. The van der Waals surface area contributed by atoms with Crippen molar-refractivity contribution in [2.45, 2.75) is 6.54 Å². The molecule has 2 aromatic heterocycles. The molecule has 0 spiro atoms. The second-order valence-corrected chi connectivity index (χ2v) is 6.81. The van der Waals surface area contributed by atoms with Crippen LogP contribution in [0.2, 0.25) is 5.02 Å². The van der Waals surface area contributed by atoms with Gasteiger partial charge in [-0.2, -0.15) is 0 Å². The van der Waals surface area contributed by atoms with Gasteiger partial charge in [0.1, 0.15) is 10.7 Å². The second kappa shape index (κ2) is 6.70. The number of para-hydroxylation sites is 1. The quantitative estimate of drug-likeness (QED) is 0.538. The first kappa shape index (κ1) is 15.9. The first-order valence-corrected chi connectivity index (χ1v) is 9.02. The van der Waals surface area contributed by atoms with Crippen LogP contribution in [0.15, 0.2) is 64.8 Å². The Morgan fingerprint density at radius 3 is 2.60 bits per heavy atom. The Bertz CT molecular complexity index is 1090. The molecule has 124 valence electrons. The van der Waals surface area contributed by atoms with Crippen molar-refractivity contribution in [1.29, 1.82) is 0 Å². The predicted octanol–water partition coefficient (Wildman–Crippen LogP) is 4.92. The number of rotatable bonds is 4. The summed E-state index contributed by atoms with van der Waals surface area (Å²) in [6.45, 7) is 0.453. The van der Waals surface area contributed by atoms with E-state index in [2.05, 4.69) is 15.3 Å². The molecule has 0 radical (unpaired) electrons. The Balaban J connectivity index is 1.70. The lowest BCUT2D eigenvalue weighted by atomic mass is 10.1. The zero-order valence-electron chi connectivity index (χ0n) is 13.1. The van der Waals surface area contributed by atoms with Crippen LogP contribution in [0, 0.1) is 0 Å². The molecule has 0 aliphatic carbocycles. The molecule has 2 aromatic carbocycles. The van der Waals surface area contributed by atoms with E-state index < -0.39 is 0 Å². The summed E-state index contributed by atoms with van der Waals surface area (Å²) >= 11 is 7.73. The van der Waals surface area contributed by atoms with Crippen molar-refractivity contribution in [3.05, 3.63) is 81.2 Å². The molecule has 4 nitrogen and oxygen atoms in total. The van der Waals surface area contributed by atoms with E-state index in [0.717, 1.165) is 16.8 Å². The summed E-state index contributed by atoms with van der Waals surface area (Å²) in [7, 11) is 0. The van der Waals surface area contributed by atoms with Crippen molar-refractivity contribution in [3.8, 4) is 11.1 Å². The highest BCUT2D eigenvalue weighted by molar-refractivity contribution is 7.17. The number of hydrogen-bond donors (Lipinski definition) is 2. The molecule has 25 heavy (non-hydrogen) atoms. The summed E-state index contributed by atoms with van der Waals surface area (Å²) < 4.78 is 0. The van der Waals surface area contributed by atoms with Crippen molar-refractivity contribution >= 4 is 38.8 Å². The topological polar surface area (TPSA) is 57.8 Å². The molecule has 0 saturated heterocycles. The maximum Gasteiger partial charge on any atom is 0.260 e. The number of halogens is 1. The minimum atomic E-state index is -0.147. The zero-order valence-corrected chi connectivity index (χ0v) is 14.7. The lowest BCUT2D eigenvalue weighted by molar-refractivity contribution is 0.957. The number of aromatic nitrogens is 2. The Morgan fingerprint density at radius 1 is 1.04 bits per heavy atom. The maximum absolute atomic E-state index is 12.6. The van der Waals surface area contributed by atoms with Crippen LogP contribution in [0.4, 0.5) is 5.69 Å². The highest BCUT2D eigenvalue weighted by atomic mass is 35.5. The van der Waals surface area contributed by atoms with Gasteiger partial charge in [-0.3, -0.25) is 4.79 Å². The number of anilines is 1. The number of thiophene rings is 1. The number of nitrogens with zero attached hydrogens (tertiary/aromatic N) is 1. The zero-order chi connectivity index (χ0) is 17.2. The van der Waals surface area contributed by atoms with E-state index >= 15 is 0 Å². The number of nitrogens with one attached hydrogen (secondary N) is 2. The third-order valence-corrected chi connectivity index (χ3v) is 5.09. The van der Waals surface area contributed by atoms with E-state index in [1.54, 1.807) is 0 Å². The first-order chi connectivity index (χ1) is 12.2. The fourth-order valence-electron chi connectivity index (χ4n) is 2.70. The number of aromatic amines is 1. The molecule has 0 amide bonds. The minimum Gasteiger partial charge on any atom is -0.378 e. The highest BCUT2D eigenvalue weighted by Gasteiger charge is 2.14. The van der Waals surface area contributed by atoms with Crippen LogP contribution in [0.1, 0.15) is 5.82 Å². The molecule has 0 atom stereocenters. The molecular formula is C19H14ClN3OS. The third-order valence-electron chi connectivity index (χ3n) is 3.89. The van der Waals surface area contributed by atoms with Gasteiger partial charge in [0.2, 0.25) is 0 Å². The van der Waals surface area contributed by atoms with Gasteiger partial charge >= 0.3 is 0 Å². The molecule has 4 aromatic rings. The smallest absolute Gasteiger partial charge is 0.260 e. The average molecular weight is 368 g/mol. The summed E-state index contributed by atoms with van der Waals surface area (Å²) in [5, 5.41) is 6.39. The molecule has 4 rings (SSSR count). The van der Waals surface area contributed by atoms with Gasteiger partial charge in [-0.15, -0.1) is 11.3 Å². The largest absolute Gasteiger partial charge is 0.378 e. The van der Waals surface area contributed by atoms with Gasteiger partial charge in [0.25, 0.3) is 5.56 Å². The molecule has 2 heterocycles. The fraction of sp³-hybridized carbons (Fsp3) is 0.0526. The van der Waals surface area contributed by atoms with Gasteiger partial charge in [0, 0.05) is 27.2 Å². The van der Waals surface area contributed by atoms with E-state index in [4.69, 9.17) is 11.6 Å². The average Bonchev–Trinajstić information content (AvgIpc) is 3.06. The first-order valence-electron chi connectivity index (χ1n) is 7.76. The van der Waals surface area contributed by atoms with Gasteiger partial charge in [0.15, 0.2) is 0 Å². The Labute approximate surface area is 153 Å². The number of benzene rings is 2. The van der Waals surface area contributed by atoms with Gasteiger partial charge in [-0.25, -0.2) is 4.98 Å². The van der Waals surface area contributed by atoms with Crippen LogP contribution in [0.3, 0.4) is 0 Å². The fourth-order valence-corrected chi connectivity index (χ4v) is 3.89. The number of hydrogen-bond acceptors (Lipinski definition) is 4. The molecule has 6 heteroatoms. The van der Waals surface area contributed by atoms with Crippen molar-refractivity contribution < 1.29 is 0 Å².